The Morgan fingerprint density at radius 2 is 1.96 bits per heavy atom. The second-order valence-electron chi connectivity index (χ2n) is 6.30. The number of anilines is 1. The van der Waals surface area contributed by atoms with Crippen LogP contribution in [0.3, 0.4) is 0 Å². The van der Waals surface area contributed by atoms with Gasteiger partial charge >= 0.3 is 0 Å². The molecule has 0 N–H and O–H groups in total. The average Bonchev–Trinajstić information content (AvgIpc) is 3.32. The van der Waals surface area contributed by atoms with Gasteiger partial charge in [0, 0.05) is 33.4 Å². The molecule has 0 aliphatic carbocycles. The number of carbonyl (C=O) groups excluding carboxylic acids is 1. The third-order valence-electron chi connectivity index (χ3n) is 4.01. The van der Waals surface area contributed by atoms with Gasteiger partial charge in [-0.25, -0.2) is 4.68 Å². The molecule has 0 aliphatic heterocycles. The Morgan fingerprint density at radius 3 is 2.63 bits per heavy atom. The molecule has 0 aliphatic rings. The highest BCUT2D eigenvalue weighted by molar-refractivity contribution is 7.99. The first kappa shape index (κ1) is 19.0. The van der Waals surface area contributed by atoms with Crippen molar-refractivity contribution in [2.75, 3.05) is 31.8 Å². The fourth-order valence-electron chi connectivity index (χ4n) is 2.45. The minimum atomic E-state index is 0.0178. The van der Waals surface area contributed by atoms with Gasteiger partial charge in [0.2, 0.25) is 11.1 Å². The third-order valence-corrected chi connectivity index (χ3v) is 4.95. The second-order valence-corrected chi connectivity index (χ2v) is 7.24. The Labute approximate surface area is 162 Å². The number of carbonyl (C=O) groups is 1. The quantitative estimate of drug-likeness (QED) is 0.549. The first-order chi connectivity index (χ1) is 13.0. The Balaban J connectivity index is 1.52. The number of rotatable bonds is 8. The molecule has 2 aromatic heterocycles. The van der Waals surface area contributed by atoms with Crippen LogP contribution in [0.4, 0.5) is 5.69 Å². The summed E-state index contributed by atoms with van der Waals surface area (Å²) in [6.45, 7) is 0.995. The van der Waals surface area contributed by atoms with E-state index in [1.54, 1.807) is 22.9 Å². The molecule has 0 unspecified atom stereocenters. The fraction of sp³-hybridized carbons (Fsp3) is 0.333. The lowest BCUT2D eigenvalue weighted by molar-refractivity contribution is -0.127. The van der Waals surface area contributed by atoms with Crippen LogP contribution >= 0.6 is 11.8 Å². The van der Waals surface area contributed by atoms with Crippen LogP contribution < -0.4 is 4.90 Å². The zero-order valence-electron chi connectivity index (χ0n) is 15.6. The van der Waals surface area contributed by atoms with Crippen molar-refractivity contribution >= 4 is 23.4 Å². The molecule has 0 spiro atoms. The van der Waals surface area contributed by atoms with E-state index in [1.807, 2.05) is 55.4 Å². The molecule has 3 rings (SSSR count). The van der Waals surface area contributed by atoms with E-state index in [1.165, 1.54) is 11.8 Å². The van der Waals surface area contributed by atoms with Gasteiger partial charge in [-0.2, -0.15) is 0 Å². The van der Waals surface area contributed by atoms with E-state index in [0.29, 0.717) is 18.2 Å². The van der Waals surface area contributed by atoms with Gasteiger partial charge < -0.3 is 14.2 Å². The van der Waals surface area contributed by atoms with Crippen molar-refractivity contribution in [2.45, 2.75) is 18.2 Å². The van der Waals surface area contributed by atoms with Crippen molar-refractivity contribution in [3.63, 3.8) is 0 Å². The Bertz CT molecular complexity index is 860. The molecule has 9 heteroatoms. The first-order valence-corrected chi connectivity index (χ1v) is 9.43. The average molecular weight is 386 g/mol. The lowest BCUT2D eigenvalue weighted by Crippen LogP contribution is -2.28. The zero-order valence-corrected chi connectivity index (χ0v) is 16.4. The summed E-state index contributed by atoms with van der Waals surface area (Å²) in [5.41, 5.74) is 2.22. The van der Waals surface area contributed by atoms with Crippen LogP contribution in [-0.4, -0.2) is 57.9 Å². The SMILES string of the molecule is CN(Cc1ccc(N(C)C)cc1)C(=O)CSc1nnnn1Cc1ccco1. The van der Waals surface area contributed by atoms with Gasteiger partial charge in [-0.15, -0.1) is 5.10 Å². The highest BCUT2D eigenvalue weighted by Crippen LogP contribution is 2.17. The molecule has 0 atom stereocenters. The molecule has 8 nitrogen and oxygen atoms in total. The van der Waals surface area contributed by atoms with Crippen molar-refractivity contribution in [2.24, 2.45) is 0 Å². The summed E-state index contributed by atoms with van der Waals surface area (Å²) in [5, 5.41) is 12.2. The number of aromatic nitrogens is 4. The molecule has 0 saturated carbocycles. The number of furan rings is 1. The molecular formula is C18H22N6O2S. The molecule has 0 saturated heterocycles. The number of amides is 1. The molecule has 0 radical (unpaired) electrons. The molecule has 2 heterocycles. The van der Waals surface area contributed by atoms with E-state index in [4.69, 9.17) is 4.42 Å². The molecule has 0 bridgehead atoms. The molecule has 1 amide bonds. The summed E-state index contributed by atoms with van der Waals surface area (Å²) < 4.78 is 6.93. The van der Waals surface area contributed by atoms with Gasteiger partial charge in [-0.3, -0.25) is 4.79 Å². The van der Waals surface area contributed by atoms with Gasteiger partial charge in [-0.05, 0) is 40.3 Å². The van der Waals surface area contributed by atoms with E-state index in [-0.39, 0.29) is 11.7 Å². The maximum absolute atomic E-state index is 12.4. The van der Waals surface area contributed by atoms with Crippen molar-refractivity contribution in [1.29, 1.82) is 0 Å². The lowest BCUT2D eigenvalue weighted by Gasteiger charge is -2.18. The predicted octanol–water partition coefficient (Wildman–Crippen LogP) is 2.13. The number of tetrazole rings is 1. The van der Waals surface area contributed by atoms with E-state index in [0.717, 1.165) is 17.0 Å². The van der Waals surface area contributed by atoms with Crippen molar-refractivity contribution < 1.29 is 9.21 Å². The van der Waals surface area contributed by atoms with Gasteiger partial charge in [0.05, 0.1) is 12.0 Å². The van der Waals surface area contributed by atoms with Gasteiger partial charge in [0.1, 0.15) is 12.3 Å². The molecule has 0 fully saturated rings. The number of hydrogen-bond donors (Lipinski definition) is 0. The van der Waals surface area contributed by atoms with Gasteiger partial charge in [-0.1, -0.05) is 23.9 Å². The van der Waals surface area contributed by atoms with Crippen molar-refractivity contribution in [3.05, 3.63) is 54.0 Å². The van der Waals surface area contributed by atoms with Gasteiger partial charge in [0.15, 0.2) is 0 Å². The summed E-state index contributed by atoms with van der Waals surface area (Å²) in [6, 6.07) is 11.8. The predicted molar refractivity (Wildman–Crippen MR) is 104 cm³/mol. The minimum Gasteiger partial charge on any atom is -0.467 e. The van der Waals surface area contributed by atoms with Crippen molar-refractivity contribution in [1.82, 2.24) is 25.1 Å². The summed E-state index contributed by atoms with van der Waals surface area (Å²) in [5.74, 6) is 1.04. The zero-order chi connectivity index (χ0) is 19.2. The Hall–Kier alpha value is -2.81. The normalized spacial score (nSPS) is 10.8. The number of benzene rings is 1. The first-order valence-electron chi connectivity index (χ1n) is 8.44. The summed E-state index contributed by atoms with van der Waals surface area (Å²) in [6.07, 6.45) is 1.61. The molecule has 1 aromatic carbocycles. The van der Waals surface area contributed by atoms with Crippen molar-refractivity contribution in [3.8, 4) is 0 Å². The third kappa shape index (κ3) is 5.10. The molecule has 3 aromatic rings. The Morgan fingerprint density at radius 1 is 1.19 bits per heavy atom. The van der Waals surface area contributed by atoms with E-state index < -0.39 is 0 Å². The maximum atomic E-state index is 12.4. The van der Waals surface area contributed by atoms with Crippen LogP contribution in [0, 0.1) is 0 Å². The summed E-state index contributed by atoms with van der Waals surface area (Å²) in [7, 11) is 5.80. The van der Waals surface area contributed by atoms with Crippen LogP contribution in [-0.2, 0) is 17.9 Å². The van der Waals surface area contributed by atoms with E-state index >= 15 is 0 Å². The van der Waals surface area contributed by atoms with Crippen LogP contribution in [0.1, 0.15) is 11.3 Å². The molecule has 27 heavy (non-hydrogen) atoms. The van der Waals surface area contributed by atoms with Crippen LogP contribution in [0.2, 0.25) is 0 Å². The smallest absolute Gasteiger partial charge is 0.233 e. The van der Waals surface area contributed by atoms with E-state index in [9.17, 15) is 4.79 Å². The summed E-state index contributed by atoms with van der Waals surface area (Å²) >= 11 is 1.32. The molecular weight excluding hydrogens is 364 g/mol. The largest absolute Gasteiger partial charge is 0.467 e. The highest BCUT2D eigenvalue weighted by atomic mass is 32.2. The Kier molecular flexibility index (Phi) is 6.12. The van der Waals surface area contributed by atoms with Gasteiger partial charge in [0.25, 0.3) is 0 Å². The maximum Gasteiger partial charge on any atom is 0.233 e. The van der Waals surface area contributed by atoms with Crippen LogP contribution in [0.5, 0.6) is 0 Å². The summed E-state index contributed by atoms with van der Waals surface area (Å²) in [4.78, 5) is 16.2. The molecule has 142 valence electrons. The monoisotopic (exact) mass is 386 g/mol. The number of hydrogen-bond acceptors (Lipinski definition) is 7. The number of nitrogens with zero attached hydrogens (tertiary/aromatic N) is 6. The van der Waals surface area contributed by atoms with Crippen LogP contribution in [0.25, 0.3) is 0 Å². The second kappa shape index (κ2) is 8.72. The lowest BCUT2D eigenvalue weighted by atomic mass is 10.2. The van der Waals surface area contributed by atoms with E-state index in [2.05, 4.69) is 15.5 Å². The number of thioether (sulfide) groups is 1. The topological polar surface area (TPSA) is 80.3 Å². The minimum absolute atomic E-state index is 0.0178. The highest BCUT2D eigenvalue weighted by Gasteiger charge is 2.14. The standard InChI is InChI=1S/C18H22N6O2S/c1-22(2)15-8-6-14(7-9-15)11-23(3)17(25)13-27-18-19-20-21-24(18)12-16-5-4-10-26-16/h4-10H,11-13H2,1-3H3. The fourth-order valence-corrected chi connectivity index (χ4v) is 3.26. The van der Waals surface area contributed by atoms with Crippen LogP contribution in [0.15, 0.2) is 52.2 Å².